The maximum absolute atomic E-state index is 5.44. The molecule has 0 bridgehead atoms. The van der Waals surface area contributed by atoms with E-state index in [1.807, 2.05) is 13.0 Å². The summed E-state index contributed by atoms with van der Waals surface area (Å²) in [6.07, 6.45) is 1.80. The van der Waals surface area contributed by atoms with Crippen molar-refractivity contribution in [3.8, 4) is 0 Å². The van der Waals surface area contributed by atoms with E-state index >= 15 is 0 Å². The largest absolute Gasteiger partial charge is 0.379 e. The number of thiophene rings is 1. The van der Waals surface area contributed by atoms with Crippen molar-refractivity contribution < 1.29 is 4.74 Å². The van der Waals surface area contributed by atoms with Crippen molar-refractivity contribution in [3.05, 3.63) is 34.2 Å². The van der Waals surface area contributed by atoms with Crippen molar-refractivity contribution >= 4 is 33.3 Å². The van der Waals surface area contributed by atoms with Gasteiger partial charge < -0.3 is 4.74 Å². The monoisotopic (exact) mass is 387 g/mol. The lowest BCUT2D eigenvalue weighted by Crippen LogP contribution is -2.36. The van der Waals surface area contributed by atoms with Crippen LogP contribution in [0.1, 0.15) is 22.0 Å². The molecule has 8 heteroatoms. The van der Waals surface area contributed by atoms with E-state index in [-0.39, 0.29) is 0 Å². The summed E-state index contributed by atoms with van der Waals surface area (Å²) in [5.74, 6) is 0.857. The molecule has 1 aliphatic rings. The summed E-state index contributed by atoms with van der Waals surface area (Å²) in [5, 5.41) is 2.81. The predicted octanol–water partition coefficient (Wildman–Crippen LogP) is 3.39. The van der Waals surface area contributed by atoms with Gasteiger partial charge in [-0.1, -0.05) is 0 Å². The zero-order valence-electron chi connectivity index (χ0n) is 15.2. The summed E-state index contributed by atoms with van der Waals surface area (Å²) < 4.78 is 5.44. The molecule has 4 heterocycles. The normalized spacial score (nSPS) is 15.7. The lowest BCUT2D eigenvalue weighted by Gasteiger charge is -2.25. The van der Waals surface area contributed by atoms with Gasteiger partial charge in [0.1, 0.15) is 15.7 Å². The Balaban J connectivity index is 1.72. The number of morpholine rings is 1. The Kier molecular flexibility index (Phi) is 5.17. The molecule has 26 heavy (non-hydrogen) atoms. The Hall–Kier alpha value is -1.61. The van der Waals surface area contributed by atoms with Gasteiger partial charge in [-0.3, -0.25) is 4.90 Å². The summed E-state index contributed by atoms with van der Waals surface area (Å²) in [6, 6.07) is 1.91. The Labute approximate surface area is 161 Å². The summed E-state index contributed by atoms with van der Waals surface area (Å²) in [7, 11) is 0. The minimum atomic E-state index is 0.727. The van der Waals surface area contributed by atoms with Crippen LogP contribution in [0.4, 0.5) is 0 Å². The van der Waals surface area contributed by atoms with Crippen LogP contribution in [0.2, 0.25) is 0 Å². The molecule has 3 aromatic heterocycles. The van der Waals surface area contributed by atoms with Crippen LogP contribution in [-0.4, -0.2) is 51.1 Å². The number of hydrogen-bond donors (Lipinski definition) is 0. The van der Waals surface area contributed by atoms with E-state index in [0.29, 0.717) is 0 Å². The van der Waals surface area contributed by atoms with Crippen molar-refractivity contribution in [2.75, 3.05) is 26.3 Å². The fraction of sp³-hybridized carbons (Fsp3) is 0.444. The zero-order valence-corrected chi connectivity index (χ0v) is 16.8. The molecule has 0 aliphatic carbocycles. The number of aromatic nitrogens is 4. The SMILES string of the molecule is Cc1ccnc(Sc2nc(CN3CCOCC3)nc3sc(C)c(C)c23)n1. The highest BCUT2D eigenvalue weighted by molar-refractivity contribution is 7.99. The van der Waals surface area contributed by atoms with Gasteiger partial charge in [-0.15, -0.1) is 11.3 Å². The second-order valence-electron chi connectivity index (χ2n) is 6.38. The van der Waals surface area contributed by atoms with E-state index in [9.17, 15) is 0 Å². The van der Waals surface area contributed by atoms with Crippen LogP contribution in [0.25, 0.3) is 10.2 Å². The van der Waals surface area contributed by atoms with Crippen LogP contribution in [0.5, 0.6) is 0 Å². The molecule has 0 saturated carbocycles. The Bertz CT molecular complexity index is 937. The molecule has 3 aromatic rings. The van der Waals surface area contributed by atoms with E-state index in [2.05, 4.69) is 28.7 Å². The highest BCUT2D eigenvalue weighted by Gasteiger charge is 2.19. The number of hydrogen-bond acceptors (Lipinski definition) is 8. The van der Waals surface area contributed by atoms with Gasteiger partial charge in [-0.05, 0) is 44.2 Å². The van der Waals surface area contributed by atoms with E-state index < -0.39 is 0 Å². The van der Waals surface area contributed by atoms with Crippen molar-refractivity contribution in [1.29, 1.82) is 0 Å². The molecule has 4 rings (SSSR count). The van der Waals surface area contributed by atoms with Crippen molar-refractivity contribution in [3.63, 3.8) is 0 Å². The highest BCUT2D eigenvalue weighted by atomic mass is 32.2. The van der Waals surface area contributed by atoms with E-state index in [4.69, 9.17) is 14.7 Å². The number of nitrogens with zero attached hydrogens (tertiary/aromatic N) is 5. The quantitative estimate of drug-likeness (QED) is 0.502. The van der Waals surface area contributed by atoms with Crippen molar-refractivity contribution in [2.24, 2.45) is 0 Å². The first-order valence-corrected chi connectivity index (χ1v) is 10.3. The minimum absolute atomic E-state index is 0.727. The third-order valence-electron chi connectivity index (χ3n) is 4.47. The first-order chi connectivity index (χ1) is 12.6. The van der Waals surface area contributed by atoms with Crippen molar-refractivity contribution in [2.45, 2.75) is 37.5 Å². The number of ether oxygens (including phenoxy) is 1. The average molecular weight is 388 g/mol. The van der Waals surface area contributed by atoms with Crippen LogP contribution in [0.15, 0.2) is 22.4 Å². The number of fused-ring (bicyclic) bond motifs is 1. The molecule has 1 aliphatic heterocycles. The van der Waals surface area contributed by atoms with Gasteiger partial charge in [0.05, 0.1) is 19.8 Å². The molecule has 0 unspecified atom stereocenters. The van der Waals surface area contributed by atoms with Crippen LogP contribution in [0, 0.1) is 20.8 Å². The smallest absolute Gasteiger partial charge is 0.194 e. The third kappa shape index (κ3) is 3.73. The summed E-state index contributed by atoms with van der Waals surface area (Å²) >= 11 is 3.26. The first-order valence-electron chi connectivity index (χ1n) is 8.64. The number of rotatable bonds is 4. The Morgan fingerprint density at radius 3 is 2.73 bits per heavy atom. The number of aryl methyl sites for hydroxylation is 3. The molecule has 1 fully saturated rings. The molecule has 0 radical (unpaired) electrons. The maximum Gasteiger partial charge on any atom is 0.194 e. The van der Waals surface area contributed by atoms with Gasteiger partial charge in [0.2, 0.25) is 0 Å². The average Bonchev–Trinajstić information content (AvgIpc) is 2.90. The predicted molar refractivity (Wildman–Crippen MR) is 104 cm³/mol. The van der Waals surface area contributed by atoms with Gasteiger partial charge in [-0.25, -0.2) is 19.9 Å². The fourth-order valence-corrected chi connectivity index (χ4v) is 5.01. The van der Waals surface area contributed by atoms with Crippen LogP contribution in [-0.2, 0) is 11.3 Å². The van der Waals surface area contributed by atoms with Crippen LogP contribution >= 0.6 is 23.1 Å². The molecule has 0 aromatic carbocycles. The van der Waals surface area contributed by atoms with Gasteiger partial charge in [0.25, 0.3) is 0 Å². The standard InChI is InChI=1S/C18H21N5OS2/c1-11-4-5-19-18(20-11)26-17-15-12(2)13(3)25-16(15)21-14(22-17)10-23-6-8-24-9-7-23/h4-5H,6-10H2,1-3H3. The van der Waals surface area contributed by atoms with Gasteiger partial charge in [0.15, 0.2) is 5.16 Å². The topological polar surface area (TPSA) is 64.0 Å². The summed E-state index contributed by atoms with van der Waals surface area (Å²) in [6.45, 7) is 10.4. The molecule has 0 spiro atoms. The third-order valence-corrected chi connectivity index (χ3v) is 6.44. The molecule has 1 saturated heterocycles. The Morgan fingerprint density at radius 1 is 1.15 bits per heavy atom. The highest BCUT2D eigenvalue weighted by Crippen LogP contribution is 2.37. The molecule has 0 N–H and O–H groups in total. The molecular weight excluding hydrogens is 366 g/mol. The summed E-state index contributed by atoms with van der Waals surface area (Å²) in [4.78, 5) is 23.3. The lowest BCUT2D eigenvalue weighted by atomic mass is 10.2. The maximum atomic E-state index is 5.44. The zero-order chi connectivity index (χ0) is 18.1. The van der Waals surface area contributed by atoms with Crippen molar-refractivity contribution in [1.82, 2.24) is 24.8 Å². The van der Waals surface area contributed by atoms with E-state index in [0.717, 1.165) is 64.8 Å². The van der Waals surface area contributed by atoms with E-state index in [1.54, 1.807) is 17.5 Å². The molecule has 6 nitrogen and oxygen atoms in total. The fourth-order valence-electron chi connectivity index (χ4n) is 2.92. The molecule has 0 amide bonds. The van der Waals surface area contributed by atoms with Gasteiger partial charge >= 0.3 is 0 Å². The van der Waals surface area contributed by atoms with E-state index in [1.165, 1.54) is 22.2 Å². The summed E-state index contributed by atoms with van der Waals surface area (Å²) in [5.41, 5.74) is 2.21. The first kappa shape index (κ1) is 17.8. The molecule has 136 valence electrons. The lowest BCUT2D eigenvalue weighted by molar-refractivity contribution is 0.0330. The van der Waals surface area contributed by atoms with Gasteiger partial charge in [-0.2, -0.15) is 0 Å². The van der Waals surface area contributed by atoms with Crippen LogP contribution in [0.3, 0.4) is 0 Å². The molecular formula is C18H21N5OS2. The Morgan fingerprint density at radius 2 is 1.96 bits per heavy atom. The minimum Gasteiger partial charge on any atom is -0.379 e. The van der Waals surface area contributed by atoms with Crippen LogP contribution < -0.4 is 0 Å². The van der Waals surface area contributed by atoms with Gasteiger partial charge in [0, 0.05) is 35.2 Å². The second kappa shape index (κ2) is 7.56. The molecule has 0 atom stereocenters. The second-order valence-corrected chi connectivity index (χ2v) is 8.54.